The summed E-state index contributed by atoms with van der Waals surface area (Å²) in [7, 11) is 0. The number of carbonyl (C=O) groups excluding carboxylic acids is 2. The first-order valence-corrected chi connectivity index (χ1v) is 27.4. The molecule has 0 fully saturated rings. The van der Waals surface area contributed by atoms with Gasteiger partial charge in [0.05, 0.1) is 25.4 Å². The zero-order valence-corrected chi connectivity index (χ0v) is 41.8. The monoisotopic (exact) mass is 884 g/mol. The van der Waals surface area contributed by atoms with Gasteiger partial charge in [-0.3, -0.25) is 9.59 Å². The van der Waals surface area contributed by atoms with Gasteiger partial charge in [0.25, 0.3) is 0 Å². The van der Waals surface area contributed by atoms with E-state index in [0.29, 0.717) is 19.4 Å². The first kappa shape index (κ1) is 60.8. The molecule has 2 unspecified atom stereocenters. The van der Waals surface area contributed by atoms with Crippen LogP contribution in [0, 0.1) is 0 Å². The fourth-order valence-electron chi connectivity index (χ4n) is 8.07. The third-order valence-electron chi connectivity index (χ3n) is 12.3. The van der Waals surface area contributed by atoms with Crippen molar-refractivity contribution in [1.29, 1.82) is 0 Å². The molecule has 0 aromatic carbocycles. The second-order valence-electron chi connectivity index (χ2n) is 18.5. The molecule has 6 heteroatoms. The third-order valence-corrected chi connectivity index (χ3v) is 12.3. The Bertz CT molecular complexity index is 1070. The van der Waals surface area contributed by atoms with Crippen LogP contribution in [0.5, 0.6) is 0 Å². The van der Waals surface area contributed by atoms with E-state index in [0.717, 1.165) is 70.6 Å². The van der Waals surface area contributed by atoms with E-state index in [1.165, 1.54) is 180 Å². The van der Waals surface area contributed by atoms with Gasteiger partial charge in [-0.15, -0.1) is 0 Å². The Hall–Kier alpha value is -2.18. The fraction of sp³-hybridized carbons (Fsp3) is 0.825. The molecule has 0 aliphatic rings. The Kier molecular flexibility index (Phi) is 50.6. The highest BCUT2D eigenvalue weighted by Gasteiger charge is 2.18. The summed E-state index contributed by atoms with van der Waals surface area (Å²) < 4.78 is 5.47. The summed E-state index contributed by atoms with van der Waals surface area (Å²) in [5.74, 6) is -0.0992. The van der Waals surface area contributed by atoms with E-state index in [1.807, 2.05) is 6.08 Å². The van der Waals surface area contributed by atoms with Crippen LogP contribution in [-0.2, 0) is 14.3 Å². The number of esters is 1. The van der Waals surface area contributed by atoms with Crippen LogP contribution in [0.3, 0.4) is 0 Å². The number of rotatable bonds is 50. The zero-order chi connectivity index (χ0) is 45.8. The van der Waals surface area contributed by atoms with Crippen LogP contribution < -0.4 is 5.32 Å². The number of unbranched alkanes of at least 4 members (excludes halogenated alkanes) is 33. The molecule has 0 aromatic heterocycles. The number of allylic oxidation sites excluding steroid dienone is 7. The van der Waals surface area contributed by atoms with Gasteiger partial charge in [-0.1, -0.05) is 223 Å². The normalized spacial score (nSPS) is 13.0. The Morgan fingerprint density at radius 2 is 0.794 bits per heavy atom. The molecule has 0 bridgehead atoms. The number of hydrogen-bond acceptors (Lipinski definition) is 5. The molecule has 0 saturated carbocycles. The molecular formula is C57H105NO5. The van der Waals surface area contributed by atoms with Crippen molar-refractivity contribution in [3.05, 3.63) is 48.6 Å². The molecule has 0 spiro atoms. The Morgan fingerprint density at radius 3 is 1.24 bits per heavy atom. The van der Waals surface area contributed by atoms with Gasteiger partial charge >= 0.3 is 5.97 Å². The largest absolute Gasteiger partial charge is 0.466 e. The van der Waals surface area contributed by atoms with E-state index in [-0.39, 0.29) is 18.5 Å². The lowest BCUT2D eigenvalue weighted by atomic mass is 10.1. The summed E-state index contributed by atoms with van der Waals surface area (Å²) in [6, 6.07) is -0.640. The number of nitrogens with one attached hydrogen (secondary N) is 1. The zero-order valence-electron chi connectivity index (χ0n) is 41.8. The molecule has 0 aliphatic carbocycles. The van der Waals surface area contributed by atoms with Crippen LogP contribution in [-0.4, -0.2) is 47.4 Å². The molecule has 0 aliphatic heterocycles. The first-order chi connectivity index (χ1) is 31.0. The maximum atomic E-state index is 12.4. The number of carbonyl (C=O) groups is 2. The number of hydrogen-bond donors (Lipinski definition) is 3. The van der Waals surface area contributed by atoms with Gasteiger partial charge < -0.3 is 20.3 Å². The van der Waals surface area contributed by atoms with Crippen LogP contribution >= 0.6 is 0 Å². The lowest BCUT2D eigenvalue weighted by molar-refractivity contribution is -0.143. The summed E-state index contributed by atoms with van der Waals surface area (Å²) in [6.07, 6.45) is 65.5. The van der Waals surface area contributed by atoms with Crippen LogP contribution in [0.25, 0.3) is 0 Å². The van der Waals surface area contributed by atoms with E-state index in [2.05, 4.69) is 55.6 Å². The molecule has 0 saturated heterocycles. The highest BCUT2D eigenvalue weighted by Crippen LogP contribution is 2.15. The van der Waals surface area contributed by atoms with Crippen molar-refractivity contribution in [2.24, 2.45) is 0 Å². The molecule has 0 rings (SSSR count). The predicted octanol–water partition coefficient (Wildman–Crippen LogP) is 16.6. The second kappa shape index (κ2) is 52.4. The molecule has 6 nitrogen and oxygen atoms in total. The molecule has 1 amide bonds. The quantitative estimate of drug-likeness (QED) is 0.0321. The van der Waals surface area contributed by atoms with Crippen LogP contribution in [0.4, 0.5) is 0 Å². The molecule has 3 N–H and O–H groups in total. The van der Waals surface area contributed by atoms with Gasteiger partial charge in [0.15, 0.2) is 0 Å². The van der Waals surface area contributed by atoms with Gasteiger partial charge in [0.1, 0.15) is 0 Å². The molecule has 0 radical (unpaired) electrons. The van der Waals surface area contributed by atoms with Crippen LogP contribution in [0.1, 0.15) is 277 Å². The number of aliphatic hydroxyl groups excluding tert-OH is 2. The number of ether oxygens (including phenoxy) is 1. The van der Waals surface area contributed by atoms with Crippen LogP contribution in [0.15, 0.2) is 48.6 Å². The van der Waals surface area contributed by atoms with E-state index in [9.17, 15) is 19.8 Å². The van der Waals surface area contributed by atoms with E-state index < -0.39 is 12.1 Å². The minimum Gasteiger partial charge on any atom is -0.466 e. The van der Waals surface area contributed by atoms with E-state index in [1.54, 1.807) is 6.08 Å². The fourth-order valence-corrected chi connectivity index (χ4v) is 8.07. The lowest BCUT2D eigenvalue weighted by Crippen LogP contribution is -2.45. The van der Waals surface area contributed by atoms with Crippen molar-refractivity contribution in [3.8, 4) is 0 Å². The Labute approximate surface area is 391 Å². The number of aliphatic hydroxyl groups is 2. The third kappa shape index (κ3) is 49.1. The van der Waals surface area contributed by atoms with Crippen molar-refractivity contribution >= 4 is 11.9 Å². The van der Waals surface area contributed by atoms with Crippen molar-refractivity contribution < 1.29 is 24.5 Å². The summed E-state index contributed by atoms with van der Waals surface area (Å²) >= 11 is 0. The lowest BCUT2D eigenvalue weighted by Gasteiger charge is -2.20. The smallest absolute Gasteiger partial charge is 0.305 e. The summed E-state index contributed by atoms with van der Waals surface area (Å²) in [5.41, 5.74) is 0. The van der Waals surface area contributed by atoms with Gasteiger partial charge in [-0.05, 0) is 89.9 Å². The SMILES string of the molecule is CCCCCC/C=C\C/C=C\CCCCCCCCCC(=O)OCCCCCCCCC/C=C\CCCCCCCC(=O)NC(CO)C(O)/C=C/CCCCCCCCCCCC. The Balaban J connectivity index is 3.48. The molecular weight excluding hydrogens is 779 g/mol. The van der Waals surface area contributed by atoms with E-state index >= 15 is 0 Å². The minimum atomic E-state index is -0.855. The van der Waals surface area contributed by atoms with Crippen LogP contribution in [0.2, 0.25) is 0 Å². The molecule has 2 atom stereocenters. The predicted molar refractivity (Wildman–Crippen MR) is 273 cm³/mol. The van der Waals surface area contributed by atoms with Crippen molar-refractivity contribution in [1.82, 2.24) is 5.32 Å². The highest BCUT2D eigenvalue weighted by atomic mass is 16.5. The standard InChI is InChI=1S/C57H105NO5/c1-3-5-7-9-11-13-15-17-18-19-20-24-27-31-35-39-43-47-51-57(62)63-52-48-44-40-36-32-28-25-22-21-23-26-30-34-38-42-46-50-56(61)58-54(53-59)55(60)49-45-41-37-33-29-16-14-12-10-8-6-4-2/h13,15,18-19,21,23,45,49,54-55,59-60H,3-12,14,16-17,20,22,24-44,46-48,50-53H2,1-2H3,(H,58,61)/b15-13-,19-18-,23-21-,49-45+. The summed E-state index contributed by atoms with van der Waals surface area (Å²) in [5, 5.41) is 23.0. The van der Waals surface area contributed by atoms with E-state index in [4.69, 9.17) is 4.74 Å². The van der Waals surface area contributed by atoms with Gasteiger partial charge in [0, 0.05) is 12.8 Å². The van der Waals surface area contributed by atoms with Gasteiger partial charge in [-0.2, -0.15) is 0 Å². The summed E-state index contributed by atoms with van der Waals surface area (Å²) in [6.45, 7) is 4.84. The molecule has 0 aromatic rings. The second-order valence-corrected chi connectivity index (χ2v) is 18.5. The maximum Gasteiger partial charge on any atom is 0.305 e. The first-order valence-electron chi connectivity index (χ1n) is 27.4. The van der Waals surface area contributed by atoms with Crippen molar-refractivity contribution in [2.75, 3.05) is 13.2 Å². The molecule has 63 heavy (non-hydrogen) atoms. The topological polar surface area (TPSA) is 95.9 Å². The molecule has 0 heterocycles. The van der Waals surface area contributed by atoms with Crippen molar-refractivity contribution in [3.63, 3.8) is 0 Å². The number of amides is 1. The van der Waals surface area contributed by atoms with Gasteiger partial charge in [0.2, 0.25) is 5.91 Å². The highest BCUT2D eigenvalue weighted by molar-refractivity contribution is 5.76. The average molecular weight is 884 g/mol. The van der Waals surface area contributed by atoms with Gasteiger partial charge in [-0.25, -0.2) is 0 Å². The summed E-state index contributed by atoms with van der Waals surface area (Å²) in [4.78, 5) is 24.5. The average Bonchev–Trinajstić information content (AvgIpc) is 3.28. The van der Waals surface area contributed by atoms with Crippen molar-refractivity contribution in [2.45, 2.75) is 289 Å². The minimum absolute atomic E-state index is 0.0120. The maximum absolute atomic E-state index is 12.4. The Morgan fingerprint density at radius 1 is 0.444 bits per heavy atom. The molecule has 368 valence electrons.